The lowest BCUT2D eigenvalue weighted by atomic mass is 9.95. The molecule has 0 atom stereocenters. The predicted octanol–water partition coefficient (Wildman–Crippen LogP) is 1.02. The molecule has 0 aromatic rings. The van der Waals surface area contributed by atoms with Gasteiger partial charge in [-0.05, 0) is 11.8 Å². The van der Waals surface area contributed by atoms with Gasteiger partial charge in [0, 0.05) is 5.41 Å². The molecule has 1 aliphatic heterocycles. The summed E-state index contributed by atoms with van der Waals surface area (Å²) in [5.74, 6) is 3.42. The minimum Gasteiger partial charge on any atom is -0.329 e. The number of terminal acetylenes is 2. The van der Waals surface area contributed by atoms with Gasteiger partial charge < -0.3 is 9.47 Å². The molecule has 1 rings (SSSR count). The molecule has 1 saturated heterocycles. The highest BCUT2D eigenvalue weighted by molar-refractivity contribution is 5.21. The van der Waals surface area contributed by atoms with E-state index >= 15 is 0 Å². The van der Waals surface area contributed by atoms with Crippen LogP contribution in [0.25, 0.3) is 0 Å². The number of hydrogen-bond donors (Lipinski definition) is 0. The average Bonchev–Trinajstić information content (AvgIpc) is 2.06. The van der Waals surface area contributed by atoms with Gasteiger partial charge in [0.25, 0.3) is 5.79 Å². The molecule has 0 radical (unpaired) electrons. The Labute approximate surface area is 73.2 Å². The van der Waals surface area contributed by atoms with E-state index in [1.165, 1.54) is 0 Å². The van der Waals surface area contributed by atoms with Crippen LogP contribution in [-0.2, 0) is 9.47 Å². The Morgan fingerprint density at radius 3 is 1.83 bits per heavy atom. The topological polar surface area (TPSA) is 18.5 Å². The smallest absolute Gasteiger partial charge is 0.300 e. The highest BCUT2D eigenvalue weighted by Gasteiger charge is 2.37. The lowest BCUT2D eigenvalue weighted by Crippen LogP contribution is -2.45. The van der Waals surface area contributed by atoms with Crippen LogP contribution >= 0.6 is 0 Å². The van der Waals surface area contributed by atoms with Gasteiger partial charge in [0.15, 0.2) is 0 Å². The molecule has 2 nitrogen and oxygen atoms in total. The van der Waals surface area contributed by atoms with E-state index in [0.717, 1.165) is 0 Å². The van der Waals surface area contributed by atoms with E-state index in [-0.39, 0.29) is 5.41 Å². The van der Waals surface area contributed by atoms with Gasteiger partial charge in [-0.1, -0.05) is 13.8 Å². The minimum atomic E-state index is -1.23. The summed E-state index contributed by atoms with van der Waals surface area (Å²) >= 11 is 0. The van der Waals surface area contributed by atoms with Crippen molar-refractivity contribution in [3.05, 3.63) is 0 Å². The molecule has 0 aliphatic carbocycles. The summed E-state index contributed by atoms with van der Waals surface area (Å²) in [6.07, 6.45) is 10.4. The fourth-order valence-electron chi connectivity index (χ4n) is 0.886. The van der Waals surface area contributed by atoms with Gasteiger partial charge in [0.1, 0.15) is 0 Å². The van der Waals surface area contributed by atoms with Crippen LogP contribution in [0.2, 0.25) is 0 Å². The Hall–Kier alpha value is -0.960. The van der Waals surface area contributed by atoms with Crippen molar-refractivity contribution in [2.45, 2.75) is 19.6 Å². The van der Waals surface area contributed by atoms with E-state index in [0.29, 0.717) is 13.2 Å². The molecule has 0 saturated carbocycles. The normalized spacial score (nSPS) is 25.3. The summed E-state index contributed by atoms with van der Waals surface area (Å²) in [6.45, 7) is 5.12. The highest BCUT2D eigenvalue weighted by atomic mass is 16.7. The van der Waals surface area contributed by atoms with Gasteiger partial charge in [-0.25, -0.2) is 0 Å². The van der Waals surface area contributed by atoms with Crippen LogP contribution in [0, 0.1) is 30.1 Å². The second-order valence-electron chi connectivity index (χ2n) is 3.65. The zero-order valence-corrected chi connectivity index (χ0v) is 7.39. The Balaban J connectivity index is 2.70. The second-order valence-corrected chi connectivity index (χ2v) is 3.65. The number of hydrogen-bond acceptors (Lipinski definition) is 2. The molecule has 64 valence electrons. The predicted molar refractivity (Wildman–Crippen MR) is 46.1 cm³/mol. The zero-order chi connectivity index (χ0) is 9.24. The quantitative estimate of drug-likeness (QED) is 0.498. The first-order valence-corrected chi connectivity index (χ1v) is 3.77. The monoisotopic (exact) mass is 164 g/mol. The van der Waals surface area contributed by atoms with Crippen LogP contribution in [0.4, 0.5) is 0 Å². The first kappa shape index (κ1) is 9.13. The lowest BCUT2D eigenvalue weighted by Gasteiger charge is -2.37. The fourth-order valence-corrected chi connectivity index (χ4v) is 0.886. The van der Waals surface area contributed by atoms with Crippen molar-refractivity contribution in [1.29, 1.82) is 0 Å². The minimum absolute atomic E-state index is 0.00278. The zero-order valence-electron chi connectivity index (χ0n) is 7.39. The van der Waals surface area contributed by atoms with Crippen molar-refractivity contribution in [1.82, 2.24) is 0 Å². The van der Waals surface area contributed by atoms with Crippen molar-refractivity contribution < 1.29 is 9.47 Å². The van der Waals surface area contributed by atoms with Crippen LogP contribution in [0.15, 0.2) is 0 Å². The number of rotatable bonds is 0. The number of ether oxygens (including phenoxy) is 2. The Bertz CT molecular complexity index is 226. The molecule has 0 spiro atoms. The maximum atomic E-state index is 5.28. The van der Waals surface area contributed by atoms with E-state index in [4.69, 9.17) is 22.3 Å². The van der Waals surface area contributed by atoms with E-state index in [9.17, 15) is 0 Å². The van der Waals surface area contributed by atoms with E-state index in [1.807, 2.05) is 13.8 Å². The molecule has 0 aromatic heterocycles. The summed E-state index contributed by atoms with van der Waals surface area (Å²) in [5.41, 5.74) is -0.00278. The first-order chi connectivity index (χ1) is 5.54. The summed E-state index contributed by atoms with van der Waals surface area (Å²) in [6, 6.07) is 0. The molecular formula is C10H12O2. The summed E-state index contributed by atoms with van der Waals surface area (Å²) in [7, 11) is 0. The van der Waals surface area contributed by atoms with Gasteiger partial charge >= 0.3 is 0 Å². The van der Waals surface area contributed by atoms with Gasteiger partial charge in [0.05, 0.1) is 13.2 Å². The SMILES string of the molecule is C#CC1(C#C)OCC(C)(C)CO1. The molecule has 1 aliphatic rings. The van der Waals surface area contributed by atoms with Crippen molar-refractivity contribution in [2.24, 2.45) is 5.41 Å². The van der Waals surface area contributed by atoms with Gasteiger partial charge in [-0.2, -0.15) is 0 Å². The van der Waals surface area contributed by atoms with Crippen LogP contribution in [0.1, 0.15) is 13.8 Å². The third-order valence-electron chi connectivity index (χ3n) is 1.71. The fraction of sp³-hybridized carbons (Fsp3) is 0.600. The Morgan fingerprint density at radius 2 is 1.50 bits per heavy atom. The van der Waals surface area contributed by atoms with Crippen molar-refractivity contribution in [2.75, 3.05) is 13.2 Å². The van der Waals surface area contributed by atoms with Gasteiger partial charge in [0.2, 0.25) is 0 Å². The molecule has 1 fully saturated rings. The first-order valence-electron chi connectivity index (χ1n) is 3.77. The van der Waals surface area contributed by atoms with E-state index < -0.39 is 5.79 Å². The molecule has 0 N–H and O–H groups in total. The van der Waals surface area contributed by atoms with Crippen LogP contribution < -0.4 is 0 Å². The van der Waals surface area contributed by atoms with Crippen LogP contribution in [0.3, 0.4) is 0 Å². The third-order valence-corrected chi connectivity index (χ3v) is 1.71. The average molecular weight is 164 g/mol. The largest absolute Gasteiger partial charge is 0.329 e. The molecule has 0 unspecified atom stereocenters. The maximum Gasteiger partial charge on any atom is 0.300 e. The van der Waals surface area contributed by atoms with Crippen LogP contribution in [0.5, 0.6) is 0 Å². The van der Waals surface area contributed by atoms with Crippen molar-refractivity contribution >= 4 is 0 Å². The van der Waals surface area contributed by atoms with Crippen LogP contribution in [-0.4, -0.2) is 19.0 Å². The van der Waals surface area contributed by atoms with E-state index in [1.54, 1.807) is 0 Å². The van der Waals surface area contributed by atoms with Crippen molar-refractivity contribution in [3.63, 3.8) is 0 Å². The molecule has 1 heterocycles. The Morgan fingerprint density at radius 1 is 1.08 bits per heavy atom. The third kappa shape index (κ3) is 1.61. The maximum absolute atomic E-state index is 5.28. The van der Waals surface area contributed by atoms with E-state index in [2.05, 4.69) is 11.8 Å². The highest BCUT2D eigenvalue weighted by Crippen LogP contribution is 2.28. The van der Waals surface area contributed by atoms with Gasteiger partial charge in [-0.3, -0.25) is 0 Å². The van der Waals surface area contributed by atoms with Gasteiger partial charge in [-0.15, -0.1) is 12.8 Å². The summed E-state index contributed by atoms with van der Waals surface area (Å²) < 4.78 is 10.6. The molecule has 0 amide bonds. The molecule has 2 heteroatoms. The molecule has 12 heavy (non-hydrogen) atoms. The molecular weight excluding hydrogens is 152 g/mol. The molecule has 0 aromatic carbocycles. The lowest BCUT2D eigenvalue weighted by molar-refractivity contribution is -0.234. The Kier molecular flexibility index (Phi) is 2.15. The summed E-state index contributed by atoms with van der Waals surface area (Å²) in [4.78, 5) is 0. The molecule has 0 bridgehead atoms. The summed E-state index contributed by atoms with van der Waals surface area (Å²) in [5, 5.41) is 0. The van der Waals surface area contributed by atoms with Crippen molar-refractivity contribution in [3.8, 4) is 24.7 Å². The second kappa shape index (κ2) is 2.83. The standard InChI is InChI=1S/C10H12O2/c1-5-10(6-2)11-7-9(3,4)8-12-10/h1-2H,7-8H2,3-4H3.